The Bertz CT molecular complexity index is 296. The molecule has 0 bridgehead atoms. The second kappa shape index (κ2) is 7.43. The van der Waals surface area contributed by atoms with Crippen molar-refractivity contribution in [2.45, 2.75) is 19.5 Å². The normalized spacial score (nSPS) is 13.3. The van der Waals surface area contributed by atoms with Crippen LogP contribution in [0, 0.1) is 0 Å². The predicted octanol–water partition coefficient (Wildman–Crippen LogP) is 1.40. The van der Waals surface area contributed by atoms with E-state index in [0.717, 1.165) is 26.2 Å². The highest BCUT2D eigenvalue weighted by Gasteiger charge is 2.08. The lowest BCUT2D eigenvalue weighted by Gasteiger charge is -2.25. The van der Waals surface area contributed by atoms with E-state index in [0.29, 0.717) is 0 Å². The molecule has 0 saturated heterocycles. The zero-order chi connectivity index (χ0) is 12.7. The minimum Gasteiger partial charge on any atom is -0.327 e. The monoisotopic (exact) mass is 235 g/mol. The number of hydrogen-bond donors (Lipinski definition) is 1. The fraction of sp³-hybridized carbons (Fsp3) is 0.571. The first-order chi connectivity index (χ1) is 8.08. The Kier molecular flexibility index (Phi) is 6.19. The molecule has 0 fully saturated rings. The number of hydrogen-bond acceptors (Lipinski definition) is 3. The van der Waals surface area contributed by atoms with Gasteiger partial charge in [-0.15, -0.1) is 0 Å². The molecule has 1 atom stereocenters. The van der Waals surface area contributed by atoms with Gasteiger partial charge in [-0.2, -0.15) is 0 Å². The Morgan fingerprint density at radius 1 is 1.12 bits per heavy atom. The smallest absolute Gasteiger partial charge is 0.0234 e. The van der Waals surface area contributed by atoms with Gasteiger partial charge in [0.15, 0.2) is 0 Å². The van der Waals surface area contributed by atoms with Crippen LogP contribution in [0.1, 0.15) is 12.5 Å². The highest BCUT2D eigenvalue weighted by atomic mass is 15.2. The Balaban J connectivity index is 2.51. The van der Waals surface area contributed by atoms with Crippen LogP contribution in [0.3, 0.4) is 0 Å². The van der Waals surface area contributed by atoms with Gasteiger partial charge in [0, 0.05) is 32.2 Å². The fourth-order valence-electron chi connectivity index (χ4n) is 1.83. The van der Waals surface area contributed by atoms with Crippen LogP contribution < -0.4 is 5.73 Å². The van der Waals surface area contributed by atoms with Crippen LogP contribution in [0.5, 0.6) is 0 Å². The minimum absolute atomic E-state index is 0.223. The molecule has 17 heavy (non-hydrogen) atoms. The third-order valence-corrected chi connectivity index (χ3v) is 2.66. The molecule has 0 amide bonds. The highest BCUT2D eigenvalue weighted by molar-refractivity contribution is 5.14. The van der Waals surface area contributed by atoms with Gasteiger partial charge in [-0.25, -0.2) is 0 Å². The highest BCUT2D eigenvalue weighted by Crippen LogP contribution is 2.04. The number of nitrogens with two attached hydrogens (primary N) is 1. The van der Waals surface area contributed by atoms with E-state index < -0.39 is 0 Å². The van der Waals surface area contributed by atoms with E-state index in [1.807, 2.05) is 0 Å². The lowest BCUT2D eigenvalue weighted by atomic mass is 10.2. The summed E-state index contributed by atoms with van der Waals surface area (Å²) in [5.74, 6) is 0. The molecule has 0 radical (unpaired) electrons. The molecular weight excluding hydrogens is 210 g/mol. The van der Waals surface area contributed by atoms with Crippen molar-refractivity contribution in [1.82, 2.24) is 9.80 Å². The molecule has 0 aromatic heterocycles. The van der Waals surface area contributed by atoms with E-state index in [1.165, 1.54) is 5.56 Å². The number of likely N-dealkylation sites (N-methyl/N-ethyl adjacent to an activating group) is 1. The zero-order valence-corrected chi connectivity index (χ0v) is 11.3. The van der Waals surface area contributed by atoms with E-state index >= 15 is 0 Å². The summed E-state index contributed by atoms with van der Waals surface area (Å²) in [6.07, 6.45) is 0. The quantitative estimate of drug-likeness (QED) is 0.775. The lowest BCUT2D eigenvalue weighted by Crippen LogP contribution is -2.38. The average Bonchev–Trinajstić information content (AvgIpc) is 2.26. The topological polar surface area (TPSA) is 32.5 Å². The van der Waals surface area contributed by atoms with Gasteiger partial charge in [0.25, 0.3) is 0 Å². The SMILES string of the molecule is C[C@@H](N)CN(CCN(C)C)Cc1ccccc1. The van der Waals surface area contributed by atoms with E-state index in [1.54, 1.807) is 0 Å². The molecule has 0 saturated carbocycles. The molecule has 0 heterocycles. The summed E-state index contributed by atoms with van der Waals surface area (Å²) >= 11 is 0. The molecule has 2 N–H and O–H groups in total. The van der Waals surface area contributed by atoms with Gasteiger partial charge in [-0.1, -0.05) is 30.3 Å². The molecule has 1 aromatic rings. The standard InChI is InChI=1S/C14H25N3/c1-13(15)11-17(10-9-16(2)3)12-14-7-5-4-6-8-14/h4-8,13H,9-12,15H2,1-3H3/t13-/m1/s1. The summed E-state index contributed by atoms with van der Waals surface area (Å²) in [5.41, 5.74) is 7.25. The molecule has 1 aromatic carbocycles. The summed E-state index contributed by atoms with van der Waals surface area (Å²) in [6, 6.07) is 10.8. The van der Waals surface area contributed by atoms with Gasteiger partial charge in [-0.3, -0.25) is 4.90 Å². The summed E-state index contributed by atoms with van der Waals surface area (Å²) in [5, 5.41) is 0. The lowest BCUT2D eigenvalue weighted by molar-refractivity contribution is 0.224. The van der Waals surface area contributed by atoms with Crippen LogP contribution in [0.25, 0.3) is 0 Å². The molecule has 3 nitrogen and oxygen atoms in total. The predicted molar refractivity (Wildman–Crippen MR) is 73.9 cm³/mol. The van der Waals surface area contributed by atoms with Gasteiger partial charge in [0.1, 0.15) is 0 Å². The molecule has 0 spiro atoms. The van der Waals surface area contributed by atoms with E-state index in [4.69, 9.17) is 5.73 Å². The molecule has 0 aliphatic carbocycles. The van der Waals surface area contributed by atoms with Gasteiger partial charge < -0.3 is 10.6 Å². The molecule has 0 unspecified atom stereocenters. The summed E-state index contributed by atoms with van der Waals surface area (Å²) in [4.78, 5) is 4.62. The minimum atomic E-state index is 0.223. The third kappa shape index (κ3) is 6.41. The van der Waals surface area contributed by atoms with Crippen molar-refractivity contribution in [3.05, 3.63) is 35.9 Å². The summed E-state index contributed by atoms with van der Waals surface area (Å²) in [6.45, 7) is 6.12. The van der Waals surface area contributed by atoms with Crippen molar-refractivity contribution in [2.24, 2.45) is 5.73 Å². The second-order valence-electron chi connectivity index (χ2n) is 5.00. The van der Waals surface area contributed by atoms with Gasteiger partial charge in [0.2, 0.25) is 0 Å². The largest absolute Gasteiger partial charge is 0.327 e. The van der Waals surface area contributed by atoms with Crippen LogP contribution in [0.15, 0.2) is 30.3 Å². The molecule has 3 heteroatoms. The third-order valence-electron chi connectivity index (χ3n) is 2.66. The van der Waals surface area contributed by atoms with Crippen molar-refractivity contribution in [2.75, 3.05) is 33.7 Å². The Morgan fingerprint density at radius 2 is 1.76 bits per heavy atom. The van der Waals surface area contributed by atoms with Crippen LogP contribution in [0.2, 0.25) is 0 Å². The Hall–Kier alpha value is -0.900. The van der Waals surface area contributed by atoms with Crippen molar-refractivity contribution < 1.29 is 0 Å². The molecular formula is C14H25N3. The van der Waals surface area contributed by atoms with Crippen LogP contribution in [-0.2, 0) is 6.54 Å². The molecule has 0 aliphatic rings. The van der Waals surface area contributed by atoms with E-state index in [-0.39, 0.29) is 6.04 Å². The zero-order valence-electron chi connectivity index (χ0n) is 11.3. The van der Waals surface area contributed by atoms with E-state index in [9.17, 15) is 0 Å². The summed E-state index contributed by atoms with van der Waals surface area (Å²) < 4.78 is 0. The van der Waals surface area contributed by atoms with Gasteiger partial charge in [0.05, 0.1) is 0 Å². The first-order valence-electron chi connectivity index (χ1n) is 6.24. The maximum Gasteiger partial charge on any atom is 0.0234 e. The van der Waals surface area contributed by atoms with Crippen LogP contribution in [-0.4, -0.2) is 49.6 Å². The second-order valence-corrected chi connectivity index (χ2v) is 5.00. The summed E-state index contributed by atoms with van der Waals surface area (Å²) in [7, 11) is 4.21. The average molecular weight is 235 g/mol. The van der Waals surface area contributed by atoms with Crippen LogP contribution in [0.4, 0.5) is 0 Å². The van der Waals surface area contributed by atoms with Gasteiger partial charge >= 0.3 is 0 Å². The number of nitrogens with zero attached hydrogens (tertiary/aromatic N) is 2. The van der Waals surface area contributed by atoms with Crippen molar-refractivity contribution >= 4 is 0 Å². The first-order valence-corrected chi connectivity index (χ1v) is 6.24. The van der Waals surface area contributed by atoms with Crippen molar-refractivity contribution in [1.29, 1.82) is 0 Å². The van der Waals surface area contributed by atoms with Crippen molar-refractivity contribution in [3.8, 4) is 0 Å². The Labute approximate surface area is 105 Å². The van der Waals surface area contributed by atoms with Crippen molar-refractivity contribution in [3.63, 3.8) is 0 Å². The van der Waals surface area contributed by atoms with Crippen LogP contribution >= 0.6 is 0 Å². The maximum atomic E-state index is 5.90. The molecule has 96 valence electrons. The number of benzene rings is 1. The fourth-order valence-corrected chi connectivity index (χ4v) is 1.83. The Morgan fingerprint density at radius 3 is 2.29 bits per heavy atom. The maximum absolute atomic E-state index is 5.90. The molecule has 1 rings (SSSR count). The molecule has 0 aliphatic heterocycles. The van der Waals surface area contributed by atoms with Gasteiger partial charge in [-0.05, 0) is 26.6 Å². The van der Waals surface area contributed by atoms with E-state index in [2.05, 4.69) is 61.2 Å². The number of rotatable bonds is 7. The first kappa shape index (κ1) is 14.2.